The molecule has 0 amide bonds. The van der Waals surface area contributed by atoms with Crippen LogP contribution >= 0.6 is 23.4 Å². The van der Waals surface area contributed by atoms with E-state index in [4.69, 9.17) is 16.3 Å². The third-order valence-electron chi connectivity index (χ3n) is 3.99. The van der Waals surface area contributed by atoms with Gasteiger partial charge in [-0.15, -0.1) is 0 Å². The van der Waals surface area contributed by atoms with Crippen LogP contribution in [0.2, 0.25) is 5.02 Å². The number of carbonyl (C=O) groups excluding carboxylic acids is 1. The highest BCUT2D eigenvalue weighted by atomic mass is 35.5. The van der Waals surface area contributed by atoms with E-state index in [0.717, 1.165) is 28.5 Å². The summed E-state index contributed by atoms with van der Waals surface area (Å²) < 4.78 is 5.61. The van der Waals surface area contributed by atoms with Crippen molar-refractivity contribution in [3.05, 3.63) is 74.8 Å². The van der Waals surface area contributed by atoms with Crippen LogP contribution in [0.25, 0.3) is 0 Å². The van der Waals surface area contributed by atoms with Gasteiger partial charge in [0.05, 0.1) is 5.02 Å². The Labute approximate surface area is 150 Å². The molecule has 0 radical (unpaired) electrons. The minimum absolute atomic E-state index is 0.0452. The van der Waals surface area contributed by atoms with Gasteiger partial charge in [0.1, 0.15) is 16.8 Å². The first-order valence-electron chi connectivity index (χ1n) is 7.59. The number of esters is 1. The average Bonchev–Trinajstić information content (AvgIpc) is 2.52. The Bertz CT molecular complexity index is 809. The lowest BCUT2D eigenvalue weighted by Crippen LogP contribution is -2.21. The van der Waals surface area contributed by atoms with Gasteiger partial charge in [0.2, 0.25) is 0 Å². The maximum atomic E-state index is 12.4. The summed E-state index contributed by atoms with van der Waals surface area (Å²) in [6.45, 7) is 3.95. The van der Waals surface area contributed by atoms with Crippen molar-refractivity contribution in [2.45, 2.75) is 31.3 Å². The van der Waals surface area contributed by atoms with E-state index < -0.39 is 12.1 Å². The van der Waals surface area contributed by atoms with E-state index in [1.165, 1.54) is 0 Å². The monoisotopic (exact) mass is 360 g/mol. The molecule has 1 aliphatic heterocycles. The molecule has 2 aromatic carbocycles. The largest absolute Gasteiger partial charge is 0.511 e. The summed E-state index contributed by atoms with van der Waals surface area (Å²) in [4.78, 5) is 13.3. The predicted octanol–water partition coefficient (Wildman–Crippen LogP) is 5.51. The van der Waals surface area contributed by atoms with Crippen molar-refractivity contribution >= 4 is 29.3 Å². The quantitative estimate of drug-likeness (QED) is 0.733. The Kier molecular flexibility index (Phi) is 4.88. The van der Waals surface area contributed by atoms with Crippen molar-refractivity contribution in [2.24, 2.45) is 0 Å². The fourth-order valence-electron chi connectivity index (χ4n) is 2.84. The van der Waals surface area contributed by atoms with Gasteiger partial charge in [0.15, 0.2) is 0 Å². The number of benzene rings is 2. The fraction of sp³-hybridized carbons (Fsp3) is 0.211. The average molecular weight is 361 g/mol. The number of hydrogen-bond donors (Lipinski definition) is 1. The van der Waals surface area contributed by atoms with Gasteiger partial charge in [-0.3, -0.25) is 0 Å². The standard InChI is InChI=1S/C19H17ClO3S/c1-11-6-5-7-12(2)17(11)15-10-14(21)18(19(22)23-15)24-16-9-4-3-8-13(16)20/h3-9,15,21H,10H2,1-2H3. The van der Waals surface area contributed by atoms with E-state index in [1.54, 1.807) is 12.1 Å². The molecule has 3 rings (SSSR count). The summed E-state index contributed by atoms with van der Waals surface area (Å²) >= 11 is 7.26. The molecular weight excluding hydrogens is 344 g/mol. The van der Waals surface area contributed by atoms with Crippen molar-refractivity contribution in [3.63, 3.8) is 0 Å². The van der Waals surface area contributed by atoms with E-state index in [-0.39, 0.29) is 17.1 Å². The van der Waals surface area contributed by atoms with E-state index in [2.05, 4.69) is 0 Å². The molecule has 0 saturated carbocycles. The highest BCUT2D eigenvalue weighted by molar-refractivity contribution is 8.04. The highest BCUT2D eigenvalue weighted by Gasteiger charge is 2.32. The minimum atomic E-state index is -0.517. The Morgan fingerprint density at radius 1 is 1.12 bits per heavy atom. The summed E-state index contributed by atoms with van der Waals surface area (Å²) in [7, 11) is 0. The number of carbonyl (C=O) groups is 1. The molecule has 1 atom stereocenters. The highest BCUT2D eigenvalue weighted by Crippen LogP contribution is 2.41. The number of rotatable bonds is 3. The van der Waals surface area contributed by atoms with Crippen molar-refractivity contribution < 1.29 is 14.6 Å². The molecule has 0 saturated heterocycles. The molecule has 0 aromatic heterocycles. The van der Waals surface area contributed by atoms with E-state index in [9.17, 15) is 9.90 Å². The third-order valence-corrected chi connectivity index (χ3v) is 5.61. The van der Waals surface area contributed by atoms with E-state index in [1.807, 2.05) is 44.2 Å². The van der Waals surface area contributed by atoms with Crippen LogP contribution in [-0.2, 0) is 9.53 Å². The number of halogens is 1. The molecule has 1 heterocycles. The summed E-state index contributed by atoms with van der Waals surface area (Å²) in [5, 5.41) is 11.0. The molecule has 24 heavy (non-hydrogen) atoms. The topological polar surface area (TPSA) is 46.5 Å². The summed E-state index contributed by atoms with van der Waals surface area (Å²) in [6, 6.07) is 13.1. The first kappa shape index (κ1) is 16.9. The second-order valence-electron chi connectivity index (χ2n) is 5.71. The molecule has 0 bridgehead atoms. The normalized spacial score (nSPS) is 17.8. The molecule has 1 aliphatic rings. The summed E-state index contributed by atoms with van der Waals surface area (Å²) in [6.07, 6.45) is -0.196. The molecule has 2 aromatic rings. The van der Waals surface area contributed by atoms with Crippen LogP contribution in [-0.4, -0.2) is 11.1 Å². The van der Waals surface area contributed by atoms with Crippen molar-refractivity contribution in [1.82, 2.24) is 0 Å². The molecule has 3 nitrogen and oxygen atoms in total. The number of ether oxygens (including phenoxy) is 1. The Hall–Kier alpha value is -1.91. The number of aliphatic hydroxyl groups is 1. The fourth-order valence-corrected chi connectivity index (χ4v) is 3.96. The van der Waals surface area contributed by atoms with Gasteiger partial charge in [-0.2, -0.15) is 0 Å². The zero-order valence-corrected chi connectivity index (χ0v) is 14.9. The SMILES string of the molecule is Cc1cccc(C)c1C1CC(O)=C(Sc2ccccc2Cl)C(=O)O1. The molecule has 124 valence electrons. The van der Waals surface area contributed by atoms with Crippen LogP contribution in [0, 0.1) is 13.8 Å². The van der Waals surface area contributed by atoms with Gasteiger partial charge in [-0.1, -0.05) is 53.7 Å². The van der Waals surface area contributed by atoms with E-state index in [0.29, 0.717) is 9.92 Å². The molecule has 0 aliphatic carbocycles. The maximum Gasteiger partial charge on any atom is 0.349 e. The van der Waals surface area contributed by atoms with Gasteiger partial charge < -0.3 is 9.84 Å². The Balaban J connectivity index is 1.90. The summed E-state index contributed by atoms with van der Waals surface area (Å²) in [5.41, 5.74) is 3.05. The predicted molar refractivity (Wildman–Crippen MR) is 96.3 cm³/mol. The third kappa shape index (κ3) is 3.30. The van der Waals surface area contributed by atoms with Crippen LogP contribution in [0.1, 0.15) is 29.2 Å². The zero-order chi connectivity index (χ0) is 17.3. The van der Waals surface area contributed by atoms with Crippen LogP contribution in [0.15, 0.2) is 58.0 Å². The number of aliphatic hydroxyl groups excluding tert-OH is 1. The number of hydrogen-bond acceptors (Lipinski definition) is 4. The zero-order valence-electron chi connectivity index (χ0n) is 13.4. The maximum absolute atomic E-state index is 12.4. The second-order valence-corrected chi connectivity index (χ2v) is 7.17. The Morgan fingerprint density at radius 3 is 2.42 bits per heavy atom. The van der Waals surface area contributed by atoms with Crippen LogP contribution in [0.3, 0.4) is 0 Å². The van der Waals surface area contributed by atoms with Crippen LogP contribution in [0.4, 0.5) is 0 Å². The smallest absolute Gasteiger partial charge is 0.349 e. The number of cyclic esters (lactones) is 1. The van der Waals surface area contributed by atoms with E-state index >= 15 is 0 Å². The molecular formula is C19H17ClO3S. The molecule has 5 heteroatoms. The molecule has 1 unspecified atom stereocenters. The van der Waals surface area contributed by atoms with Gasteiger partial charge >= 0.3 is 5.97 Å². The number of aryl methyl sites for hydroxylation is 2. The van der Waals surface area contributed by atoms with Gasteiger partial charge in [0, 0.05) is 11.3 Å². The Morgan fingerprint density at radius 2 is 1.79 bits per heavy atom. The first-order chi connectivity index (χ1) is 11.5. The van der Waals surface area contributed by atoms with Gasteiger partial charge in [-0.05, 0) is 42.7 Å². The lowest BCUT2D eigenvalue weighted by atomic mass is 9.94. The minimum Gasteiger partial charge on any atom is -0.511 e. The van der Waals surface area contributed by atoms with Crippen molar-refractivity contribution in [2.75, 3.05) is 0 Å². The van der Waals surface area contributed by atoms with Crippen molar-refractivity contribution in [1.29, 1.82) is 0 Å². The van der Waals surface area contributed by atoms with Crippen LogP contribution in [0.5, 0.6) is 0 Å². The molecule has 0 fully saturated rings. The summed E-state index contributed by atoms with van der Waals surface area (Å²) in [5.74, 6) is -0.472. The number of thioether (sulfide) groups is 1. The molecule has 1 N–H and O–H groups in total. The lowest BCUT2D eigenvalue weighted by molar-refractivity contribution is -0.146. The van der Waals surface area contributed by atoms with Gasteiger partial charge in [0.25, 0.3) is 0 Å². The second kappa shape index (κ2) is 6.91. The van der Waals surface area contributed by atoms with Crippen molar-refractivity contribution in [3.8, 4) is 0 Å². The lowest BCUT2D eigenvalue weighted by Gasteiger charge is -2.26. The molecule has 0 spiro atoms. The van der Waals surface area contributed by atoms with Crippen LogP contribution < -0.4 is 0 Å². The first-order valence-corrected chi connectivity index (χ1v) is 8.78. The van der Waals surface area contributed by atoms with Gasteiger partial charge in [-0.25, -0.2) is 4.79 Å².